The van der Waals surface area contributed by atoms with Gasteiger partial charge < -0.3 is 9.84 Å². The minimum Gasteiger partial charge on any atom is -0.487 e. The Hall–Kier alpha value is -1.77. The molecule has 0 aliphatic rings. The predicted molar refractivity (Wildman–Crippen MR) is 86.4 cm³/mol. The van der Waals surface area contributed by atoms with Crippen LogP contribution in [-0.2, 0) is 9.53 Å². The van der Waals surface area contributed by atoms with Crippen LogP contribution in [0.1, 0.15) is 54.9 Å². The minimum atomic E-state index is -1.01. The van der Waals surface area contributed by atoms with E-state index < -0.39 is 5.97 Å². The number of benzene rings is 1. The largest absolute Gasteiger partial charge is 0.487 e. The van der Waals surface area contributed by atoms with Crippen LogP contribution in [0.25, 0.3) is 6.08 Å². The van der Waals surface area contributed by atoms with E-state index in [1.165, 1.54) is 5.56 Å². The maximum atomic E-state index is 11.3. The average molecular weight is 290 g/mol. The van der Waals surface area contributed by atoms with Crippen molar-refractivity contribution in [2.24, 2.45) is 0 Å². The molecule has 1 aromatic carbocycles. The number of unbranched alkanes of at least 4 members (excludes halogenated alkanes) is 3. The van der Waals surface area contributed by atoms with Crippen molar-refractivity contribution in [3.63, 3.8) is 0 Å². The van der Waals surface area contributed by atoms with Gasteiger partial charge >= 0.3 is 5.97 Å². The van der Waals surface area contributed by atoms with Crippen molar-refractivity contribution in [1.29, 1.82) is 0 Å². The number of carboxylic acids is 1. The van der Waals surface area contributed by atoms with Gasteiger partial charge in [0, 0.05) is 0 Å². The lowest BCUT2D eigenvalue weighted by Gasteiger charge is -2.09. The van der Waals surface area contributed by atoms with E-state index in [9.17, 15) is 9.90 Å². The van der Waals surface area contributed by atoms with Crippen LogP contribution >= 0.6 is 0 Å². The molecule has 116 valence electrons. The molecule has 0 aliphatic heterocycles. The molecule has 0 saturated heterocycles. The highest BCUT2D eigenvalue weighted by Gasteiger charge is 2.10. The van der Waals surface area contributed by atoms with Crippen LogP contribution in [0.2, 0.25) is 0 Å². The van der Waals surface area contributed by atoms with Gasteiger partial charge in [-0.2, -0.15) is 0 Å². The molecule has 0 unspecified atom stereocenters. The van der Waals surface area contributed by atoms with E-state index >= 15 is 0 Å². The molecule has 0 aliphatic carbocycles. The standard InChI is InChI=1S/C18H26O3/c1-5-6-7-8-9-21-17(18(19)20)12-16-11-14(3)13(2)10-15(16)4/h10-12H,5-9H2,1-4H3,(H,19,20). The highest BCUT2D eigenvalue weighted by atomic mass is 16.5. The van der Waals surface area contributed by atoms with Crippen molar-refractivity contribution in [3.05, 3.63) is 40.1 Å². The molecular weight excluding hydrogens is 264 g/mol. The second-order valence-electron chi connectivity index (χ2n) is 5.52. The third-order valence-electron chi connectivity index (χ3n) is 3.64. The van der Waals surface area contributed by atoms with Gasteiger partial charge in [-0.1, -0.05) is 38.3 Å². The summed E-state index contributed by atoms with van der Waals surface area (Å²) in [6.07, 6.45) is 5.91. The second-order valence-corrected chi connectivity index (χ2v) is 5.52. The smallest absolute Gasteiger partial charge is 0.371 e. The van der Waals surface area contributed by atoms with Crippen molar-refractivity contribution < 1.29 is 14.6 Å². The van der Waals surface area contributed by atoms with Crippen molar-refractivity contribution in [2.75, 3.05) is 6.61 Å². The van der Waals surface area contributed by atoms with Gasteiger partial charge in [-0.25, -0.2) is 4.79 Å². The van der Waals surface area contributed by atoms with Gasteiger partial charge in [-0.3, -0.25) is 0 Å². The van der Waals surface area contributed by atoms with E-state index in [1.807, 2.05) is 19.9 Å². The van der Waals surface area contributed by atoms with Gasteiger partial charge in [0.25, 0.3) is 0 Å². The van der Waals surface area contributed by atoms with Crippen molar-refractivity contribution >= 4 is 12.0 Å². The first-order valence-electron chi connectivity index (χ1n) is 7.61. The zero-order chi connectivity index (χ0) is 15.8. The van der Waals surface area contributed by atoms with Crippen molar-refractivity contribution in [1.82, 2.24) is 0 Å². The lowest BCUT2D eigenvalue weighted by Crippen LogP contribution is -2.06. The normalized spacial score (nSPS) is 11.5. The van der Waals surface area contributed by atoms with Crippen LogP contribution in [0.15, 0.2) is 17.9 Å². The van der Waals surface area contributed by atoms with Crippen LogP contribution in [0.4, 0.5) is 0 Å². The fourth-order valence-electron chi connectivity index (χ4n) is 2.16. The van der Waals surface area contributed by atoms with Crippen LogP contribution in [0, 0.1) is 20.8 Å². The number of carbonyl (C=O) groups is 1. The topological polar surface area (TPSA) is 46.5 Å². The van der Waals surface area contributed by atoms with Gasteiger partial charge in [0.1, 0.15) is 0 Å². The Morgan fingerprint density at radius 1 is 1.10 bits per heavy atom. The monoisotopic (exact) mass is 290 g/mol. The van der Waals surface area contributed by atoms with Crippen LogP contribution < -0.4 is 0 Å². The molecule has 3 heteroatoms. The summed E-state index contributed by atoms with van der Waals surface area (Å²) in [5, 5.41) is 9.26. The summed E-state index contributed by atoms with van der Waals surface area (Å²) in [4.78, 5) is 11.3. The molecular formula is C18H26O3. The number of aryl methyl sites for hydroxylation is 3. The lowest BCUT2D eigenvalue weighted by molar-refractivity contribution is -0.136. The zero-order valence-electron chi connectivity index (χ0n) is 13.5. The summed E-state index contributed by atoms with van der Waals surface area (Å²) in [5.41, 5.74) is 4.33. The summed E-state index contributed by atoms with van der Waals surface area (Å²) in [7, 11) is 0. The fraction of sp³-hybridized carbons (Fsp3) is 0.500. The zero-order valence-corrected chi connectivity index (χ0v) is 13.5. The predicted octanol–water partition coefficient (Wildman–Crippen LogP) is 4.63. The highest BCUT2D eigenvalue weighted by Crippen LogP contribution is 2.19. The molecule has 0 spiro atoms. The Labute approximate surface area is 127 Å². The molecule has 0 atom stereocenters. The quantitative estimate of drug-likeness (QED) is 0.431. The van der Waals surface area contributed by atoms with Crippen LogP contribution in [0.3, 0.4) is 0 Å². The maximum Gasteiger partial charge on any atom is 0.371 e. The molecule has 0 aromatic heterocycles. The summed E-state index contributed by atoms with van der Waals surface area (Å²) in [6, 6.07) is 4.08. The Morgan fingerprint density at radius 2 is 1.76 bits per heavy atom. The van der Waals surface area contributed by atoms with Gasteiger partial charge in [0.2, 0.25) is 5.76 Å². The molecule has 1 rings (SSSR count). The number of hydrogen-bond donors (Lipinski definition) is 1. The molecule has 1 aromatic rings. The van der Waals surface area contributed by atoms with Crippen LogP contribution in [0.5, 0.6) is 0 Å². The number of rotatable bonds is 8. The first-order valence-corrected chi connectivity index (χ1v) is 7.61. The number of aliphatic carboxylic acids is 1. The van der Waals surface area contributed by atoms with E-state index in [0.29, 0.717) is 6.61 Å². The second kappa shape index (κ2) is 8.50. The van der Waals surface area contributed by atoms with Gasteiger partial charge in [-0.05, 0) is 55.5 Å². The summed E-state index contributed by atoms with van der Waals surface area (Å²) < 4.78 is 5.44. The number of carboxylic acid groups (broad SMARTS) is 1. The van der Waals surface area contributed by atoms with E-state index in [0.717, 1.165) is 42.4 Å². The maximum absolute atomic E-state index is 11.3. The van der Waals surface area contributed by atoms with E-state index in [4.69, 9.17) is 4.74 Å². The lowest BCUT2D eigenvalue weighted by atomic mass is 10.0. The van der Waals surface area contributed by atoms with Crippen LogP contribution in [-0.4, -0.2) is 17.7 Å². The van der Waals surface area contributed by atoms with E-state index in [1.54, 1.807) is 6.08 Å². The molecule has 3 nitrogen and oxygen atoms in total. The molecule has 21 heavy (non-hydrogen) atoms. The molecule has 0 fully saturated rings. The molecule has 1 N–H and O–H groups in total. The summed E-state index contributed by atoms with van der Waals surface area (Å²) in [6.45, 7) is 8.67. The summed E-state index contributed by atoms with van der Waals surface area (Å²) in [5.74, 6) is -0.985. The van der Waals surface area contributed by atoms with Gasteiger partial charge in [-0.15, -0.1) is 0 Å². The first kappa shape index (κ1) is 17.3. The van der Waals surface area contributed by atoms with E-state index in [2.05, 4.69) is 19.9 Å². The molecule has 0 amide bonds. The summed E-state index contributed by atoms with van der Waals surface area (Å²) >= 11 is 0. The fourth-order valence-corrected chi connectivity index (χ4v) is 2.16. The number of hydrogen-bond acceptors (Lipinski definition) is 2. The third kappa shape index (κ3) is 5.62. The van der Waals surface area contributed by atoms with Gasteiger partial charge in [0.05, 0.1) is 6.61 Å². The number of ether oxygens (including phenoxy) is 1. The Kier molecular flexibility index (Phi) is 7.00. The molecule has 0 saturated carbocycles. The Morgan fingerprint density at radius 3 is 2.38 bits per heavy atom. The van der Waals surface area contributed by atoms with E-state index in [-0.39, 0.29) is 5.76 Å². The molecule has 0 heterocycles. The SMILES string of the molecule is CCCCCCOC(=Cc1cc(C)c(C)cc1C)C(=O)O. The third-order valence-corrected chi connectivity index (χ3v) is 3.64. The molecule has 0 radical (unpaired) electrons. The Balaban J connectivity index is 2.80. The minimum absolute atomic E-state index is 0.0258. The molecule has 0 bridgehead atoms. The highest BCUT2D eigenvalue weighted by molar-refractivity contribution is 5.90. The Bertz CT molecular complexity index is 515. The van der Waals surface area contributed by atoms with Crippen molar-refractivity contribution in [2.45, 2.75) is 53.4 Å². The van der Waals surface area contributed by atoms with Crippen molar-refractivity contribution in [3.8, 4) is 0 Å². The first-order chi connectivity index (χ1) is 9.95. The van der Waals surface area contributed by atoms with Gasteiger partial charge in [0.15, 0.2) is 0 Å². The average Bonchev–Trinajstić information content (AvgIpc) is 2.42.